The van der Waals surface area contributed by atoms with Crippen LogP contribution < -0.4 is 0 Å². The van der Waals surface area contributed by atoms with Gasteiger partial charge in [0.25, 0.3) is 0 Å². The number of unbranched alkanes of at least 4 members (excludes halogenated alkanes) is 1. The number of hydrogen-bond donors (Lipinski definition) is 0. The average Bonchev–Trinajstić information content (AvgIpc) is 3.40. The number of fused-ring (bicyclic) bond motifs is 1. The monoisotopic (exact) mass is 417 g/mol. The Kier molecular flexibility index (Phi) is 5.35. The van der Waals surface area contributed by atoms with Gasteiger partial charge in [-0.25, -0.2) is 8.42 Å². The van der Waals surface area contributed by atoms with Crippen LogP contribution in [0.4, 0.5) is 0 Å². The lowest BCUT2D eigenvalue weighted by molar-refractivity contribution is -0.134. The van der Waals surface area contributed by atoms with Gasteiger partial charge >= 0.3 is 0 Å². The highest BCUT2D eigenvalue weighted by molar-refractivity contribution is 7.91. The molecule has 1 aliphatic heterocycles. The number of benzene rings is 1. The zero-order valence-electron chi connectivity index (χ0n) is 16.2. The molecule has 9 nitrogen and oxygen atoms in total. The molecule has 4 rings (SSSR count). The molecular weight excluding hydrogens is 394 g/mol. The third-order valence-electron chi connectivity index (χ3n) is 5.10. The molecule has 1 amide bonds. The van der Waals surface area contributed by atoms with E-state index in [4.69, 9.17) is 4.42 Å². The second-order valence-corrected chi connectivity index (χ2v) is 9.52. The molecule has 154 valence electrons. The van der Waals surface area contributed by atoms with Gasteiger partial charge < -0.3 is 9.32 Å². The van der Waals surface area contributed by atoms with E-state index < -0.39 is 9.84 Å². The number of nitrogens with zero attached hydrogens (tertiary/aromatic N) is 5. The van der Waals surface area contributed by atoms with Crippen molar-refractivity contribution in [2.24, 2.45) is 0 Å². The van der Waals surface area contributed by atoms with Gasteiger partial charge in [0, 0.05) is 18.0 Å². The van der Waals surface area contributed by atoms with E-state index in [2.05, 4.69) is 15.4 Å². The molecule has 0 saturated carbocycles. The summed E-state index contributed by atoms with van der Waals surface area (Å²) in [5, 5.41) is 13.2. The summed E-state index contributed by atoms with van der Waals surface area (Å²) in [6.07, 6.45) is 2.21. The lowest BCUT2D eigenvalue weighted by Crippen LogP contribution is -2.43. The Balaban J connectivity index is 1.49. The summed E-state index contributed by atoms with van der Waals surface area (Å²) in [5.74, 6) is 0.740. The summed E-state index contributed by atoms with van der Waals surface area (Å²) in [7, 11) is -3.07. The van der Waals surface area contributed by atoms with Gasteiger partial charge in [0.15, 0.2) is 15.6 Å². The van der Waals surface area contributed by atoms with Crippen LogP contribution >= 0.6 is 0 Å². The molecule has 29 heavy (non-hydrogen) atoms. The number of aromatic nitrogens is 4. The molecule has 1 fully saturated rings. The van der Waals surface area contributed by atoms with Crippen LogP contribution in [0.2, 0.25) is 0 Å². The number of carbonyl (C=O) groups excluding carboxylic acids is 1. The van der Waals surface area contributed by atoms with Crippen molar-refractivity contribution in [3.05, 3.63) is 30.3 Å². The Morgan fingerprint density at radius 1 is 1.34 bits per heavy atom. The molecule has 10 heteroatoms. The third kappa shape index (κ3) is 4.31. The first kappa shape index (κ1) is 19.6. The number of sulfone groups is 1. The van der Waals surface area contributed by atoms with E-state index >= 15 is 0 Å². The van der Waals surface area contributed by atoms with Crippen LogP contribution in [0.5, 0.6) is 0 Å². The number of hydrogen-bond acceptors (Lipinski definition) is 7. The first-order chi connectivity index (χ1) is 13.9. The molecule has 2 aromatic heterocycles. The lowest BCUT2D eigenvalue weighted by atomic mass is 10.2. The molecule has 0 bridgehead atoms. The van der Waals surface area contributed by atoms with Crippen molar-refractivity contribution in [2.45, 2.75) is 38.8 Å². The zero-order chi connectivity index (χ0) is 20.4. The zero-order valence-corrected chi connectivity index (χ0v) is 17.0. The van der Waals surface area contributed by atoms with Gasteiger partial charge in [-0.15, -0.1) is 10.2 Å². The molecule has 3 aromatic rings. The smallest absolute Gasteiger partial charge is 0.246 e. The van der Waals surface area contributed by atoms with Gasteiger partial charge in [-0.1, -0.05) is 31.5 Å². The average molecular weight is 417 g/mol. The molecule has 0 aliphatic carbocycles. The Morgan fingerprint density at radius 3 is 2.90 bits per heavy atom. The lowest BCUT2D eigenvalue weighted by Gasteiger charge is -2.28. The minimum absolute atomic E-state index is 0.0253. The van der Waals surface area contributed by atoms with Crippen molar-refractivity contribution in [3.63, 3.8) is 0 Å². The Labute approximate surface area is 168 Å². The molecular formula is C19H23N5O4S. The fourth-order valence-corrected chi connectivity index (χ4v) is 5.30. The van der Waals surface area contributed by atoms with Gasteiger partial charge in [0.1, 0.15) is 12.1 Å². The first-order valence-corrected chi connectivity index (χ1v) is 11.5. The highest BCUT2D eigenvalue weighted by atomic mass is 32.2. The van der Waals surface area contributed by atoms with Gasteiger partial charge in [-0.05, 0) is 30.2 Å². The highest BCUT2D eigenvalue weighted by Gasteiger charge is 2.34. The molecule has 0 N–H and O–H groups in total. The van der Waals surface area contributed by atoms with Crippen LogP contribution in [-0.4, -0.2) is 63.5 Å². The summed E-state index contributed by atoms with van der Waals surface area (Å²) in [5.41, 5.74) is 0.725. The fourth-order valence-electron chi connectivity index (χ4n) is 3.57. The maximum absolute atomic E-state index is 12.9. The van der Waals surface area contributed by atoms with Crippen molar-refractivity contribution in [1.29, 1.82) is 0 Å². The van der Waals surface area contributed by atoms with Crippen molar-refractivity contribution in [1.82, 2.24) is 25.1 Å². The van der Waals surface area contributed by atoms with Crippen molar-refractivity contribution < 1.29 is 17.6 Å². The number of tetrazole rings is 1. The quantitative estimate of drug-likeness (QED) is 0.577. The van der Waals surface area contributed by atoms with E-state index in [1.54, 1.807) is 4.90 Å². The van der Waals surface area contributed by atoms with Gasteiger partial charge in [-0.2, -0.15) is 4.80 Å². The number of furan rings is 1. The maximum atomic E-state index is 12.9. The Bertz CT molecular complexity index is 1090. The topological polar surface area (TPSA) is 111 Å². The van der Waals surface area contributed by atoms with E-state index in [1.807, 2.05) is 37.3 Å². The minimum atomic E-state index is -3.07. The van der Waals surface area contributed by atoms with E-state index in [-0.39, 0.29) is 30.0 Å². The number of para-hydroxylation sites is 1. The standard InChI is InChI=1S/C19H23N5O4S/c1-2-3-9-23(15-8-10-29(26,27)13-15)18(25)12-24-21-19(20-22-24)17-11-14-6-4-5-7-16(14)28-17/h4-7,11,15H,2-3,8-10,12-13H2,1H3/t15-/m0/s1. The van der Waals surface area contributed by atoms with Crippen LogP contribution in [0.1, 0.15) is 26.2 Å². The molecule has 0 spiro atoms. The number of carbonyl (C=O) groups is 1. The van der Waals surface area contributed by atoms with Crippen LogP contribution in [0.3, 0.4) is 0 Å². The van der Waals surface area contributed by atoms with Gasteiger partial charge in [0.05, 0.1) is 11.5 Å². The summed E-state index contributed by atoms with van der Waals surface area (Å²) >= 11 is 0. The molecule has 1 atom stereocenters. The molecule has 0 unspecified atom stereocenters. The fraction of sp³-hybridized carbons (Fsp3) is 0.474. The summed E-state index contributed by atoms with van der Waals surface area (Å²) in [4.78, 5) is 15.8. The maximum Gasteiger partial charge on any atom is 0.246 e. The van der Waals surface area contributed by atoms with Crippen molar-refractivity contribution >= 4 is 26.7 Å². The summed E-state index contributed by atoms with van der Waals surface area (Å²) in [6, 6.07) is 9.13. The molecule has 1 saturated heterocycles. The van der Waals surface area contributed by atoms with E-state index in [9.17, 15) is 13.2 Å². The number of amides is 1. The van der Waals surface area contributed by atoms with E-state index in [0.717, 1.165) is 23.8 Å². The second kappa shape index (κ2) is 7.94. The van der Waals surface area contributed by atoms with E-state index in [0.29, 0.717) is 24.6 Å². The molecule has 1 aliphatic rings. The number of rotatable bonds is 7. The molecule has 3 heterocycles. The van der Waals surface area contributed by atoms with Crippen LogP contribution in [0.15, 0.2) is 34.7 Å². The van der Waals surface area contributed by atoms with E-state index in [1.165, 1.54) is 4.80 Å². The van der Waals surface area contributed by atoms with Crippen molar-refractivity contribution in [2.75, 3.05) is 18.1 Å². The largest absolute Gasteiger partial charge is 0.453 e. The SMILES string of the molecule is CCCCN(C(=O)Cn1nnc(-c2cc3ccccc3o2)n1)[C@H]1CCS(=O)(=O)C1. The van der Waals surface area contributed by atoms with Gasteiger partial charge in [-0.3, -0.25) is 4.79 Å². The third-order valence-corrected chi connectivity index (χ3v) is 6.85. The first-order valence-electron chi connectivity index (χ1n) is 9.72. The summed E-state index contributed by atoms with van der Waals surface area (Å²) in [6.45, 7) is 2.47. The Hall–Kier alpha value is -2.75. The normalized spacial score (nSPS) is 18.3. The van der Waals surface area contributed by atoms with Crippen LogP contribution in [0.25, 0.3) is 22.6 Å². The summed E-state index contributed by atoms with van der Waals surface area (Å²) < 4.78 is 29.4. The van der Waals surface area contributed by atoms with Crippen LogP contribution in [0, 0.1) is 0 Å². The molecule has 0 radical (unpaired) electrons. The van der Waals surface area contributed by atoms with Gasteiger partial charge in [0.2, 0.25) is 11.7 Å². The second-order valence-electron chi connectivity index (χ2n) is 7.29. The Morgan fingerprint density at radius 2 is 2.17 bits per heavy atom. The molecule has 1 aromatic carbocycles. The highest BCUT2D eigenvalue weighted by Crippen LogP contribution is 2.25. The predicted molar refractivity (Wildman–Crippen MR) is 107 cm³/mol. The minimum Gasteiger partial charge on any atom is -0.453 e. The van der Waals surface area contributed by atoms with Crippen LogP contribution in [-0.2, 0) is 21.2 Å². The predicted octanol–water partition coefficient (Wildman–Crippen LogP) is 1.90. The van der Waals surface area contributed by atoms with Crippen molar-refractivity contribution in [3.8, 4) is 11.6 Å².